The van der Waals surface area contributed by atoms with Crippen molar-refractivity contribution >= 4 is 5.69 Å². The van der Waals surface area contributed by atoms with Crippen molar-refractivity contribution in [1.29, 1.82) is 0 Å². The van der Waals surface area contributed by atoms with Crippen LogP contribution < -0.4 is 11.1 Å². The first-order chi connectivity index (χ1) is 8.31. The second-order valence-electron chi connectivity index (χ2n) is 3.73. The fourth-order valence-electron chi connectivity index (χ4n) is 1.58. The van der Waals surface area contributed by atoms with Crippen LogP contribution in [0.4, 0.5) is 10.1 Å². The van der Waals surface area contributed by atoms with E-state index in [-0.39, 0.29) is 5.82 Å². The van der Waals surface area contributed by atoms with Gasteiger partial charge in [0, 0.05) is 12.1 Å². The minimum atomic E-state index is -0.245. The molecule has 1 aromatic heterocycles. The molecule has 0 atom stereocenters. The van der Waals surface area contributed by atoms with E-state index in [9.17, 15) is 4.39 Å². The molecular formula is C12H15FN4. The predicted molar refractivity (Wildman–Crippen MR) is 66.1 cm³/mol. The van der Waals surface area contributed by atoms with E-state index in [0.29, 0.717) is 6.54 Å². The Morgan fingerprint density at radius 1 is 1.29 bits per heavy atom. The molecular weight excluding hydrogens is 219 g/mol. The van der Waals surface area contributed by atoms with E-state index in [2.05, 4.69) is 15.5 Å². The van der Waals surface area contributed by atoms with Gasteiger partial charge in [0.15, 0.2) is 0 Å². The van der Waals surface area contributed by atoms with Crippen LogP contribution >= 0.6 is 0 Å². The lowest BCUT2D eigenvalue weighted by atomic mass is 10.1. The van der Waals surface area contributed by atoms with Gasteiger partial charge in [-0.3, -0.25) is 5.10 Å². The summed E-state index contributed by atoms with van der Waals surface area (Å²) in [4.78, 5) is 0. The number of nitrogens with zero attached hydrogens (tertiary/aromatic N) is 1. The quantitative estimate of drug-likeness (QED) is 0.693. The Morgan fingerprint density at radius 3 is 2.76 bits per heavy atom. The molecule has 0 aliphatic carbocycles. The van der Waals surface area contributed by atoms with Gasteiger partial charge in [0.25, 0.3) is 0 Å². The standard InChI is InChI=1S/C12H15FN4/c13-10-4-2-9(3-5-10)12-11(8-16-17-12)15-7-1-6-14/h2-5,8,15H,1,6-7,14H2,(H,16,17). The van der Waals surface area contributed by atoms with Crippen molar-refractivity contribution in [3.63, 3.8) is 0 Å². The van der Waals surface area contributed by atoms with Gasteiger partial charge >= 0.3 is 0 Å². The largest absolute Gasteiger partial charge is 0.382 e. The first-order valence-corrected chi connectivity index (χ1v) is 5.54. The zero-order valence-electron chi connectivity index (χ0n) is 9.41. The molecule has 2 aromatic rings. The summed E-state index contributed by atoms with van der Waals surface area (Å²) in [5.41, 5.74) is 8.10. The maximum atomic E-state index is 12.8. The van der Waals surface area contributed by atoms with Gasteiger partial charge in [-0.15, -0.1) is 0 Å². The summed E-state index contributed by atoms with van der Waals surface area (Å²) in [5.74, 6) is -0.245. The number of benzene rings is 1. The number of halogens is 1. The molecule has 0 spiro atoms. The summed E-state index contributed by atoms with van der Waals surface area (Å²) in [5, 5.41) is 10.1. The molecule has 0 aliphatic heterocycles. The molecule has 2 rings (SSSR count). The van der Waals surface area contributed by atoms with Crippen LogP contribution in [0, 0.1) is 5.82 Å². The Kier molecular flexibility index (Phi) is 3.72. The van der Waals surface area contributed by atoms with Crippen LogP contribution in [0.25, 0.3) is 11.3 Å². The van der Waals surface area contributed by atoms with Crippen molar-refractivity contribution in [3.05, 3.63) is 36.3 Å². The van der Waals surface area contributed by atoms with Crippen LogP contribution in [-0.4, -0.2) is 23.3 Å². The summed E-state index contributed by atoms with van der Waals surface area (Å²) in [6.45, 7) is 1.45. The highest BCUT2D eigenvalue weighted by atomic mass is 19.1. The van der Waals surface area contributed by atoms with Crippen molar-refractivity contribution in [1.82, 2.24) is 10.2 Å². The van der Waals surface area contributed by atoms with E-state index in [1.54, 1.807) is 18.3 Å². The Balaban J connectivity index is 2.15. The molecule has 0 saturated heterocycles. The normalized spacial score (nSPS) is 10.5. The molecule has 4 nitrogen and oxygen atoms in total. The maximum absolute atomic E-state index is 12.8. The minimum absolute atomic E-state index is 0.245. The maximum Gasteiger partial charge on any atom is 0.123 e. The first-order valence-electron chi connectivity index (χ1n) is 5.54. The second-order valence-corrected chi connectivity index (χ2v) is 3.73. The summed E-state index contributed by atoms with van der Waals surface area (Å²) in [6.07, 6.45) is 2.61. The first kappa shape index (κ1) is 11.6. The van der Waals surface area contributed by atoms with Gasteiger partial charge in [-0.05, 0) is 37.2 Å². The molecule has 5 heteroatoms. The van der Waals surface area contributed by atoms with Gasteiger partial charge in [-0.2, -0.15) is 5.10 Å². The van der Waals surface area contributed by atoms with E-state index < -0.39 is 0 Å². The molecule has 0 amide bonds. The summed E-state index contributed by atoms with van der Waals surface area (Å²) in [6, 6.07) is 6.30. The van der Waals surface area contributed by atoms with Crippen molar-refractivity contribution in [2.75, 3.05) is 18.4 Å². The molecule has 90 valence electrons. The van der Waals surface area contributed by atoms with Crippen molar-refractivity contribution < 1.29 is 4.39 Å². The third kappa shape index (κ3) is 2.82. The van der Waals surface area contributed by atoms with Crippen LogP contribution in [0.5, 0.6) is 0 Å². The van der Waals surface area contributed by atoms with E-state index >= 15 is 0 Å². The number of rotatable bonds is 5. The molecule has 1 aromatic carbocycles. The molecule has 0 unspecified atom stereocenters. The van der Waals surface area contributed by atoms with Crippen LogP contribution in [0.1, 0.15) is 6.42 Å². The molecule has 4 N–H and O–H groups in total. The lowest BCUT2D eigenvalue weighted by molar-refractivity contribution is 0.628. The fraction of sp³-hybridized carbons (Fsp3) is 0.250. The van der Waals surface area contributed by atoms with E-state index in [1.807, 2.05) is 0 Å². The number of nitrogens with two attached hydrogens (primary N) is 1. The smallest absolute Gasteiger partial charge is 0.123 e. The van der Waals surface area contributed by atoms with E-state index in [4.69, 9.17) is 5.73 Å². The number of aromatic amines is 1. The molecule has 1 heterocycles. The number of H-pyrrole nitrogens is 1. The van der Waals surface area contributed by atoms with Gasteiger partial charge in [0.1, 0.15) is 5.82 Å². The molecule has 0 aliphatic rings. The average molecular weight is 234 g/mol. The highest BCUT2D eigenvalue weighted by Gasteiger charge is 2.06. The number of nitrogens with one attached hydrogen (secondary N) is 2. The highest BCUT2D eigenvalue weighted by molar-refractivity contribution is 5.73. The number of hydrogen-bond donors (Lipinski definition) is 3. The van der Waals surface area contributed by atoms with Gasteiger partial charge in [-0.1, -0.05) is 0 Å². The predicted octanol–water partition coefficient (Wildman–Crippen LogP) is 1.98. The summed E-state index contributed by atoms with van der Waals surface area (Å²) < 4.78 is 12.8. The topological polar surface area (TPSA) is 66.7 Å². The van der Waals surface area contributed by atoms with Gasteiger partial charge in [0.05, 0.1) is 17.6 Å². The summed E-state index contributed by atoms with van der Waals surface area (Å²) in [7, 11) is 0. The number of hydrogen-bond acceptors (Lipinski definition) is 3. The lowest BCUT2D eigenvalue weighted by Crippen LogP contribution is -2.08. The number of aromatic nitrogens is 2. The Hall–Kier alpha value is -1.88. The monoisotopic (exact) mass is 234 g/mol. The van der Waals surface area contributed by atoms with Gasteiger partial charge in [-0.25, -0.2) is 4.39 Å². The van der Waals surface area contributed by atoms with Gasteiger partial charge in [0.2, 0.25) is 0 Å². The van der Waals surface area contributed by atoms with Crippen molar-refractivity contribution in [3.8, 4) is 11.3 Å². The fourth-order valence-corrected chi connectivity index (χ4v) is 1.58. The molecule has 0 saturated carbocycles. The SMILES string of the molecule is NCCCNc1cn[nH]c1-c1ccc(F)cc1. The molecule has 0 bridgehead atoms. The van der Waals surface area contributed by atoms with Crippen LogP contribution in [-0.2, 0) is 0 Å². The molecule has 0 radical (unpaired) electrons. The third-order valence-electron chi connectivity index (χ3n) is 2.47. The van der Waals surface area contributed by atoms with Crippen LogP contribution in [0.2, 0.25) is 0 Å². The number of anilines is 1. The van der Waals surface area contributed by atoms with Crippen LogP contribution in [0.15, 0.2) is 30.5 Å². The molecule has 17 heavy (non-hydrogen) atoms. The van der Waals surface area contributed by atoms with Crippen molar-refractivity contribution in [2.45, 2.75) is 6.42 Å². The van der Waals surface area contributed by atoms with Gasteiger partial charge < -0.3 is 11.1 Å². The van der Waals surface area contributed by atoms with E-state index in [1.165, 1.54) is 12.1 Å². The van der Waals surface area contributed by atoms with Crippen molar-refractivity contribution in [2.24, 2.45) is 5.73 Å². The summed E-state index contributed by atoms with van der Waals surface area (Å²) >= 11 is 0. The Bertz CT molecular complexity index is 464. The zero-order valence-corrected chi connectivity index (χ0v) is 9.41. The Morgan fingerprint density at radius 2 is 2.06 bits per heavy atom. The Labute approximate surface area is 99.0 Å². The zero-order chi connectivity index (χ0) is 12.1. The van der Waals surface area contributed by atoms with E-state index in [0.717, 1.165) is 29.9 Å². The molecule has 0 fully saturated rings. The lowest BCUT2D eigenvalue weighted by Gasteiger charge is -2.06. The third-order valence-corrected chi connectivity index (χ3v) is 2.47. The average Bonchev–Trinajstić information content (AvgIpc) is 2.79. The highest BCUT2D eigenvalue weighted by Crippen LogP contribution is 2.25. The second kappa shape index (κ2) is 5.45. The minimum Gasteiger partial charge on any atom is -0.382 e. The van der Waals surface area contributed by atoms with Crippen LogP contribution in [0.3, 0.4) is 0 Å².